The Labute approximate surface area is 126 Å². The van der Waals surface area contributed by atoms with E-state index in [1.54, 1.807) is 16.2 Å². The second-order valence-electron chi connectivity index (χ2n) is 4.96. The zero-order valence-electron chi connectivity index (χ0n) is 11.7. The van der Waals surface area contributed by atoms with Crippen LogP contribution in [-0.4, -0.2) is 42.5 Å². The second kappa shape index (κ2) is 5.83. The van der Waals surface area contributed by atoms with Crippen LogP contribution in [0.15, 0.2) is 29.6 Å². The van der Waals surface area contributed by atoms with Crippen LogP contribution >= 0.6 is 11.3 Å². The third kappa shape index (κ3) is 2.91. The molecule has 1 aliphatic rings. The van der Waals surface area contributed by atoms with Gasteiger partial charge in [-0.05, 0) is 22.9 Å². The summed E-state index contributed by atoms with van der Waals surface area (Å²) in [7, 11) is 0. The van der Waals surface area contributed by atoms with Gasteiger partial charge in [0.25, 0.3) is 5.91 Å². The highest BCUT2D eigenvalue weighted by molar-refractivity contribution is 7.17. The van der Waals surface area contributed by atoms with Gasteiger partial charge in [-0.3, -0.25) is 9.59 Å². The Kier molecular flexibility index (Phi) is 3.90. The van der Waals surface area contributed by atoms with Crippen LogP contribution in [0, 0.1) is 0 Å². The number of ether oxygens (including phenoxy) is 1. The number of nitrogens with one attached hydrogen (secondary N) is 1. The standard InChI is InChI=1S/C15H16N2O3S/c1-10(18)17-6-7-20-13(9-17)15(19)16-12-4-2-3-11-5-8-21-14(11)12/h2-5,8,13H,6-7,9H2,1H3,(H,16,19). The maximum atomic E-state index is 12.3. The molecule has 1 N–H and O–H groups in total. The molecule has 6 heteroatoms. The van der Waals surface area contributed by atoms with Crippen molar-refractivity contribution in [3.8, 4) is 0 Å². The molecule has 1 fully saturated rings. The molecule has 2 amide bonds. The first-order chi connectivity index (χ1) is 10.1. The highest BCUT2D eigenvalue weighted by Gasteiger charge is 2.28. The molecule has 5 nitrogen and oxygen atoms in total. The van der Waals surface area contributed by atoms with Crippen molar-refractivity contribution in [2.45, 2.75) is 13.0 Å². The topological polar surface area (TPSA) is 58.6 Å². The summed E-state index contributed by atoms with van der Waals surface area (Å²) >= 11 is 1.59. The summed E-state index contributed by atoms with van der Waals surface area (Å²) in [6.45, 7) is 2.74. The third-order valence-electron chi connectivity index (χ3n) is 3.54. The number of morpholine rings is 1. The summed E-state index contributed by atoms with van der Waals surface area (Å²) in [4.78, 5) is 25.4. The van der Waals surface area contributed by atoms with Gasteiger partial charge in [-0.1, -0.05) is 12.1 Å². The summed E-state index contributed by atoms with van der Waals surface area (Å²) in [5.74, 6) is -0.238. The predicted octanol–water partition coefficient (Wildman–Crippen LogP) is 2.09. The quantitative estimate of drug-likeness (QED) is 0.924. The van der Waals surface area contributed by atoms with E-state index >= 15 is 0 Å². The molecule has 0 spiro atoms. The molecule has 0 aliphatic carbocycles. The second-order valence-corrected chi connectivity index (χ2v) is 5.87. The van der Waals surface area contributed by atoms with Crippen LogP contribution in [0.25, 0.3) is 10.1 Å². The van der Waals surface area contributed by atoms with E-state index in [1.165, 1.54) is 6.92 Å². The third-order valence-corrected chi connectivity index (χ3v) is 4.50. The Balaban J connectivity index is 1.74. The fraction of sp³-hybridized carbons (Fsp3) is 0.333. The van der Waals surface area contributed by atoms with Crippen molar-refractivity contribution in [1.29, 1.82) is 0 Å². The fourth-order valence-electron chi connectivity index (χ4n) is 2.40. The molecule has 2 heterocycles. The highest BCUT2D eigenvalue weighted by Crippen LogP contribution is 2.28. The lowest BCUT2D eigenvalue weighted by Crippen LogP contribution is -2.49. The number of carbonyl (C=O) groups is 2. The van der Waals surface area contributed by atoms with Gasteiger partial charge in [0, 0.05) is 13.5 Å². The van der Waals surface area contributed by atoms with Crippen molar-refractivity contribution in [3.05, 3.63) is 29.6 Å². The monoisotopic (exact) mass is 304 g/mol. The minimum Gasteiger partial charge on any atom is -0.365 e. The minimum absolute atomic E-state index is 0.0311. The van der Waals surface area contributed by atoms with Crippen LogP contribution in [0.5, 0.6) is 0 Å². The van der Waals surface area contributed by atoms with E-state index in [-0.39, 0.29) is 11.8 Å². The number of amides is 2. The first-order valence-electron chi connectivity index (χ1n) is 6.79. The predicted molar refractivity (Wildman–Crippen MR) is 82.4 cm³/mol. The number of nitrogens with zero attached hydrogens (tertiary/aromatic N) is 1. The van der Waals surface area contributed by atoms with Gasteiger partial charge < -0.3 is 15.0 Å². The van der Waals surface area contributed by atoms with Gasteiger partial charge in [-0.2, -0.15) is 0 Å². The lowest BCUT2D eigenvalue weighted by molar-refractivity contribution is -0.143. The number of hydrogen-bond acceptors (Lipinski definition) is 4. The van der Waals surface area contributed by atoms with Gasteiger partial charge in [0.2, 0.25) is 5.91 Å². The van der Waals surface area contributed by atoms with E-state index in [1.807, 2.05) is 29.6 Å². The highest BCUT2D eigenvalue weighted by atomic mass is 32.1. The number of thiophene rings is 1. The fourth-order valence-corrected chi connectivity index (χ4v) is 3.27. The van der Waals surface area contributed by atoms with Crippen molar-refractivity contribution in [3.63, 3.8) is 0 Å². The first kappa shape index (κ1) is 14.0. The Morgan fingerprint density at radius 3 is 3.05 bits per heavy atom. The summed E-state index contributed by atoms with van der Waals surface area (Å²) in [5, 5.41) is 6.01. The average Bonchev–Trinajstić information content (AvgIpc) is 2.97. The van der Waals surface area contributed by atoms with Crippen molar-refractivity contribution < 1.29 is 14.3 Å². The SMILES string of the molecule is CC(=O)N1CCOC(C(=O)Nc2cccc3ccsc23)C1. The van der Waals surface area contributed by atoms with Gasteiger partial charge in [-0.25, -0.2) is 0 Å². The molecule has 0 bridgehead atoms. The molecule has 1 aliphatic heterocycles. The van der Waals surface area contributed by atoms with E-state index in [0.29, 0.717) is 19.7 Å². The van der Waals surface area contributed by atoms with Crippen LogP contribution < -0.4 is 5.32 Å². The maximum Gasteiger partial charge on any atom is 0.255 e. The molecule has 1 unspecified atom stereocenters. The largest absolute Gasteiger partial charge is 0.365 e. The van der Waals surface area contributed by atoms with Crippen LogP contribution in [0.1, 0.15) is 6.92 Å². The number of fused-ring (bicyclic) bond motifs is 1. The van der Waals surface area contributed by atoms with Crippen LogP contribution in [0.2, 0.25) is 0 Å². The van der Waals surface area contributed by atoms with Crippen molar-refractivity contribution in [1.82, 2.24) is 4.90 Å². The van der Waals surface area contributed by atoms with E-state index in [9.17, 15) is 9.59 Å². The van der Waals surface area contributed by atoms with Crippen LogP contribution in [0.3, 0.4) is 0 Å². The number of benzene rings is 1. The molecule has 2 aromatic rings. The van der Waals surface area contributed by atoms with Gasteiger partial charge in [0.15, 0.2) is 6.10 Å². The Hall–Kier alpha value is -1.92. The smallest absolute Gasteiger partial charge is 0.255 e. The summed E-state index contributed by atoms with van der Waals surface area (Å²) in [5.41, 5.74) is 0.788. The normalized spacial score (nSPS) is 18.7. The Bertz CT molecular complexity index is 682. The maximum absolute atomic E-state index is 12.3. The molecule has 1 aromatic heterocycles. The average molecular weight is 304 g/mol. The molecule has 1 saturated heterocycles. The van der Waals surface area contributed by atoms with E-state index in [4.69, 9.17) is 4.74 Å². The van der Waals surface area contributed by atoms with Gasteiger partial charge in [-0.15, -0.1) is 11.3 Å². The minimum atomic E-state index is -0.613. The summed E-state index contributed by atoms with van der Waals surface area (Å²) < 4.78 is 6.53. The van der Waals surface area contributed by atoms with Crippen LogP contribution in [0.4, 0.5) is 5.69 Å². The van der Waals surface area contributed by atoms with Gasteiger partial charge in [0.1, 0.15) is 0 Å². The molecule has 1 aromatic carbocycles. The van der Waals surface area contributed by atoms with Gasteiger partial charge in [0.05, 0.1) is 23.5 Å². The van der Waals surface area contributed by atoms with Crippen molar-refractivity contribution in [2.24, 2.45) is 0 Å². The molecule has 110 valence electrons. The number of carbonyl (C=O) groups excluding carboxylic acids is 2. The van der Waals surface area contributed by atoms with E-state index in [2.05, 4.69) is 5.32 Å². The number of hydrogen-bond donors (Lipinski definition) is 1. The Morgan fingerprint density at radius 2 is 2.24 bits per heavy atom. The van der Waals surface area contributed by atoms with Crippen LogP contribution in [-0.2, 0) is 14.3 Å². The number of rotatable bonds is 2. The molecule has 0 saturated carbocycles. The van der Waals surface area contributed by atoms with Crippen molar-refractivity contribution >= 4 is 38.9 Å². The zero-order chi connectivity index (χ0) is 14.8. The summed E-state index contributed by atoms with van der Waals surface area (Å²) in [6.07, 6.45) is -0.613. The zero-order valence-corrected chi connectivity index (χ0v) is 12.5. The van der Waals surface area contributed by atoms with E-state index < -0.39 is 6.10 Å². The molecule has 1 atom stereocenters. The first-order valence-corrected chi connectivity index (χ1v) is 7.67. The lowest BCUT2D eigenvalue weighted by Gasteiger charge is -2.31. The summed E-state index contributed by atoms with van der Waals surface area (Å²) in [6, 6.07) is 7.82. The van der Waals surface area contributed by atoms with Gasteiger partial charge >= 0.3 is 0 Å². The molecule has 0 radical (unpaired) electrons. The van der Waals surface area contributed by atoms with Crippen molar-refractivity contribution in [2.75, 3.05) is 25.0 Å². The number of anilines is 1. The Morgan fingerprint density at radius 1 is 1.38 bits per heavy atom. The molecular weight excluding hydrogens is 288 g/mol. The van der Waals surface area contributed by atoms with E-state index in [0.717, 1.165) is 15.8 Å². The molecular formula is C15H16N2O3S. The molecule has 3 rings (SSSR count). The lowest BCUT2D eigenvalue weighted by atomic mass is 10.2. The molecule has 21 heavy (non-hydrogen) atoms.